The predicted molar refractivity (Wildman–Crippen MR) is 121 cm³/mol. The molecule has 0 amide bonds. The first-order chi connectivity index (χ1) is 13.6. The molecule has 5 heteroatoms. The van der Waals surface area contributed by atoms with Crippen LogP contribution in [-0.2, 0) is 0 Å². The van der Waals surface area contributed by atoms with E-state index < -0.39 is 13.9 Å². The van der Waals surface area contributed by atoms with E-state index in [0.29, 0.717) is 0 Å². The molecule has 2 bridgehead atoms. The summed E-state index contributed by atoms with van der Waals surface area (Å²) >= 11 is -2.92. The second-order valence-electron chi connectivity index (χ2n) is 8.43. The number of nitrogens with zero attached hydrogens (tertiary/aromatic N) is 4. The van der Waals surface area contributed by atoms with Gasteiger partial charge in [0, 0.05) is 0 Å². The van der Waals surface area contributed by atoms with E-state index in [9.17, 15) is 0 Å². The Morgan fingerprint density at radius 3 is 1.71 bits per heavy atom. The number of hydrogen-bond donors (Lipinski definition) is 0. The van der Waals surface area contributed by atoms with Crippen molar-refractivity contribution in [2.24, 2.45) is 0 Å². The molecule has 3 heterocycles. The SMILES string of the molecule is C[N]1CCN2CC[N](C)[Ge]1([c]1cc3ccccc3c3ccccc13)[N](C)CC2. The van der Waals surface area contributed by atoms with Gasteiger partial charge in [0.2, 0.25) is 0 Å². The van der Waals surface area contributed by atoms with Crippen molar-refractivity contribution in [1.82, 2.24) is 16.5 Å². The van der Waals surface area contributed by atoms with E-state index in [1.807, 2.05) is 0 Å². The van der Waals surface area contributed by atoms with Crippen LogP contribution >= 0.6 is 0 Å². The standard InChI is InChI=1S/C23H30GeN4/c1-25-12-15-28-16-13-26(2)24(25,27(3)14-17-28)23-18-19-8-4-5-9-20(19)21-10-6-7-11-22(21)23/h4-11,18H,12-17H2,1-3H3. The Labute approximate surface area is 171 Å². The quantitative estimate of drug-likeness (QED) is 0.430. The Morgan fingerprint density at radius 2 is 1.11 bits per heavy atom. The minimum absolute atomic E-state index is 1.15. The van der Waals surface area contributed by atoms with Crippen molar-refractivity contribution in [1.29, 1.82) is 0 Å². The zero-order valence-corrected chi connectivity index (χ0v) is 19.3. The Morgan fingerprint density at radius 1 is 0.607 bits per heavy atom. The van der Waals surface area contributed by atoms with Crippen LogP contribution in [0, 0.1) is 0 Å². The first-order valence-corrected chi connectivity index (χ1v) is 14.3. The molecule has 0 aromatic heterocycles. The van der Waals surface area contributed by atoms with Gasteiger partial charge in [-0.05, 0) is 0 Å². The molecule has 28 heavy (non-hydrogen) atoms. The van der Waals surface area contributed by atoms with Crippen LogP contribution < -0.4 is 4.40 Å². The van der Waals surface area contributed by atoms with Gasteiger partial charge in [0.15, 0.2) is 0 Å². The molecule has 0 unspecified atom stereocenters. The molecule has 3 aliphatic heterocycles. The average molecular weight is 435 g/mol. The van der Waals surface area contributed by atoms with Gasteiger partial charge < -0.3 is 0 Å². The Bertz CT molecular complexity index is 984. The molecular weight excluding hydrogens is 405 g/mol. The van der Waals surface area contributed by atoms with Crippen LogP contribution in [0.3, 0.4) is 0 Å². The van der Waals surface area contributed by atoms with Gasteiger partial charge in [-0.25, -0.2) is 0 Å². The summed E-state index contributed by atoms with van der Waals surface area (Å²) < 4.78 is 9.85. The first-order valence-electron chi connectivity index (χ1n) is 10.4. The summed E-state index contributed by atoms with van der Waals surface area (Å²) in [5.74, 6) is 0. The van der Waals surface area contributed by atoms with Gasteiger partial charge in [0.25, 0.3) is 0 Å². The normalized spacial score (nSPS) is 27.8. The molecular formula is C23H30GeN4. The summed E-state index contributed by atoms with van der Waals surface area (Å²) in [5, 5.41) is 5.59. The number of benzene rings is 3. The Hall–Kier alpha value is -1.44. The van der Waals surface area contributed by atoms with E-state index in [0.717, 1.165) is 19.6 Å². The fourth-order valence-electron chi connectivity index (χ4n) is 5.50. The van der Waals surface area contributed by atoms with Crippen LogP contribution in [0.15, 0.2) is 54.6 Å². The van der Waals surface area contributed by atoms with E-state index in [1.165, 1.54) is 41.2 Å². The van der Waals surface area contributed by atoms with Crippen molar-refractivity contribution in [2.75, 3.05) is 60.4 Å². The average Bonchev–Trinajstić information content (AvgIpc) is 2.71. The van der Waals surface area contributed by atoms with Crippen molar-refractivity contribution in [3.05, 3.63) is 54.6 Å². The molecule has 0 spiro atoms. The number of hydrogen-bond acceptors (Lipinski definition) is 4. The van der Waals surface area contributed by atoms with Gasteiger partial charge in [-0.2, -0.15) is 0 Å². The summed E-state index contributed by atoms with van der Waals surface area (Å²) in [7, 11) is 7.14. The molecule has 3 aromatic carbocycles. The number of likely N-dealkylation sites (N-methyl/N-ethyl adjacent to an activating group) is 3. The molecule has 3 saturated heterocycles. The number of fused-ring (bicyclic) bond motifs is 9. The summed E-state index contributed by atoms with van der Waals surface area (Å²) in [6, 6.07) is 20.5. The second-order valence-corrected chi connectivity index (χ2v) is 17.0. The van der Waals surface area contributed by atoms with Gasteiger partial charge in [-0.3, -0.25) is 0 Å². The van der Waals surface area contributed by atoms with Crippen molar-refractivity contribution < 1.29 is 0 Å². The molecule has 0 atom stereocenters. The predicted octanol–water partition coefficient (Wildman–Crippen LogP) is 2.26. The van der Waals surface area contributed by atoms with E-state index in [1.54, 1.807) is 4.40 Å². The fourth-order valence-corrected chi connectivity index (χ4v) is 16.3. The molecule has 0 N–H and O–H groups in total. The summed E-state index contributed by atoms with van der Waals surface area (Å²) in [6.07, 6.45) is 0. The number of rotatable bonds is 1. The molecule has 0 radical (unpaired) electrons. The van der Waals surface area contributed by atoms with Gasteiger partial charge in [0.1, 0.15) is 0 Å². The third-order valence-electron chi connectivity index (χ3n) is 6.98. The second kappa shape index (κ2) is 7.11. The fraction of sp³-hybridized carbons (Fsp3) is 0.391. The van der Waals surface area contributed by atoms with Crippen LogP contribution in [0.25, 0.3) is 21.5 Å². The summed E-state index contributed by atoms with van der Waals surface area (Å²) in [4.78, 5) is 2.63. The molecule has 3 fully saturated rings. The Kier molecular flexibility index (Phi) is 4.72. The molecule has 4 nitrogen and oxygen atoms in total. The summed E-state index contributed by atoms with van der Waals surface area (Å²) in [6.45, 7) is 7.02. The van der Waals surface area contributed by atoms with E-state index in [-0.39, 0.29) is 0 Å². The summed E-state index contributed by atoms with van der Waals surface area (Å²) in [5.41, 5.74) is 0. The minimum atomic E-state index is -2.92. The zero-order chi connectivity index (χ0) is 19.3. The first kappa shape index (κ1) is 18.6. The molecule has 0 aliphatic carbocycles. The molecule has 0 saturated carbocycles. The van der Waals surface area contributed by atoms with E-state index in [2.05, 4.69) is 92.2 Å². The van der Waals surface area contributed by atoms with Crippen molar-refractivity contribution in [3.63, 3.8) is 0 Å². The van der Waals surface area contributed by atoms with Crippen LogP contribution in [0.2, 0.25) is 0 Å². The van der Waals surface area contributed by atoms with Crippen LogP contribution in [0.5, 0.6) is 0 Å². The van der Waals surface area contributed by atoms with Crippen molar-refractivity contribution in [3.8, 4) is 0 Å². The van der Waals surface area contributed by atoms with Crippen LogP contribution in [0.1, 0.15) is 0 Å². The molecule has 146 valence electrons. The zero-order valence-electron chi connectivity index (χ0n) is 17.2. The third kappa shape index (κ3) is 2.66. The van der Waals surface area contributed by atoms with Gasteiger partial charge in [0.05, 0.1) is 0 Å². The van der Waals surface area contributed by atoms with Gasteiger partial charge >= 0.3 is 171 Å². The van der Waals surface area contributed by atoms with Gasteiger partial charge in [-0.15, -0.1) is 0 Å². The Balaban J connectivity index is 1.86. The maximum absolute atomic E-state index is 2.92. The van der Waals surface area contributed by atoms with Crippen LogP contribution in [-0.4, -0.2) is 90.8 Å². The van der Waals surface area contributed by atoms with Crippen molar-refractivity contribution in [2.45, 2.75) is 0 Å². The van der Waals surface area contributed by atoms with E-state index in [4.69, 9.17) is 0 Å². The molecule has 3 aliphatic rings. The van der Waals surface area contributed by atoms with Crippen LogP contribution in [0.4, 0.5) is 0 Å². The van der Waals surface area contributed by atoms with Gasteiger partial charge in [-0.1, -0.05) is 0 Å². The third-order valence-corrected chi connectivity index (χ3v) is 17.5. The van der Waals surface area contributed by atoms with E-state index >= 15 is 0 Å². The monoisotopic (exact) mass is 436 g/mol. The molecule has 6 rings (SSSR count). The molecule has 3 aromatic rings. The maximum atomic E-state index is 2.75. The topological polar surface area (TPSA) is 13.0 Å². The van der Waals surface area contributed by atoms with Crippen molar-refractivity contribution >= 4 is 39.9 Å².